The molecule has 0 spiro atoms. The van der Waals surface area contributed by atoms with E-state index in [1.54, 1.807) is 32.0 Å². The highest BCUT2D eigenvalue weighted by Gasteiger charge is 2.37. The predicted molar refractivity (Wildman–Crippen MR) is 161 cm³/mol. The minimum Gasteiger partial charge on any atom is -0.497 e. The largest absolute Gasteiger partial charge is 0.497 e. The van der Waals surface area contributed by atoms with Crippen molar-refractivity contribution in [3.8, 4) is 22.8 Å². The minimum absolute atomic E-state index is 0.0507. The Morgan fingerprint density at radius 1 is 0.977 bits per heavy atom. The normalized spacial score (nSPS) is 14.7. The molecule has 0 saturated carbocycles. The first-order chi connectivity index (χ1) is 20.4. The molecule has 3 unspecified atom stereocenters. The molecule has 1 heterocycles. The lowest BCUT2D eigenvalue weighted by atomic mass is 9.76. The molecule has 0 aliphatic carbocycles. The summed E-state index contributed by atoms with van der Waals surface area (Å²) < 4.78 is 63.1. The third kappa shape index (κ3) is 9.87. The van der Waals surface area contributed by atoms with Crippen molar-refractivity contribution in [1.82, 2.24) is 0 Å². The van der Waals surface area contributed by atoms with Crippen molar-refractivity contribution in [2.75, 3.05) is 26.9 Å². The number of fused-ring (bicyclic) bond motifs is 1. The van der Waals surface area contributed by atoms with Gasteiger partial charge in [0.15, 0.2) is 0 Å². The molecule has 1 aromatic heterocycles. The standard InChI is InChI=1S/C33H44F3NO7/c1-31(2,3)16-27(32(4,5)37)30(40)43-19-22(39)9-7-20(17-38)18-42-24-10-8-21-13-29(44-28(21)15-24)25-12-11-23(41-6)14-26(25)33(34,35)36/h8,10-15,20,22,27,38-39H,7,9,16-19,37H2,1-6H3. The van der Waals surface area contributed by atoms with Crippen LogP contribution in [0, 0.1) is 17.3 Å². The van der Waals surface area contributed by atoms with Crippen molar-refractivity contribution in [2.24, 2.45) is 23.0 Å². The fraction of sp³-hybridized carbons (Fsp3) is 0.545. The molecule has 0 aliphatic rings. The summed E-state index contributed by atoms with van der Waals surface area (Å²) in [6.45, 7) is 9.34. The number of hydrogen-bond donors (Lipinski definition) is 3. The maximum Gasteiger partial charge on any atom is 0.417 e. The van der Waals surface area contributed by atoms with E-state index in [4.69, 9.17) is 24.4 Å². The SMILES string of the molecule is COc1ccc(-c2cc3ccc(OCC(CO)CCC(O)COC(=O)C(CC(C)(C)C)C(C)(C)N)cc3o2)c(C(F)(F)F)c1. The minimum atomic E-state index is -4.61. The van der Waals surface area contributed by atoms with Crippen LogP contribution in [0.25, 0.3) is 22.3 Å². The first-order valence-corrected chi connectivity index (χ1v) is 14.6. The van der Waals surface area contributed by atoms with Gasteiger partial charge in [0, 0.05) is 35.1 Å². The Hall–Kier alpha value is -3.28. The van der Waals surface area contributed by atoms with Crippen LogP contribution in [-0.4, -0.2) is 54.8 Å². The van der Waals surface area contributed by atoms with Crippen LogP contribution >= 0.6 is 0 Å². The average molecular weight is 624 g/mol. The number of aliphatic hydroxyl groups is 2. The molecule has 0 saturated heterocycles. The van der Waals surface area contributed by atoms with Gasteiger partial charge in [-0.3, -0.25) is 4.79 Å². The van der Waals surface area contributed by atoms with Gasteiger partial charge in [0.25, 0.3) is 0 Å². The molecular formula is C33H44F3NO7. The van der Waals surface area contributed by atoms with Crippen LogP contribution < -0.4 is 15.2 Å². The molecule has 0 fully saturated rings. The number of rotatable bonds is 14. The number of halogens is 3. The van der Waals surface area contributed by atoms with Crippen LogP contribution in [0.15, 0.2) is 46.9 Å². The highest BCUT2D eigenvalue weighted by Crippen LogP contribution is 2.41. The van der Waals surface area contributed by atoms with Gasteiger partial charge in [0.2, 0.25) is 0 Å². The summed E-state index contributed by atoms with van der Waals surface area (Å²) in [5.74, 6) is -0.764. The third-order valence-electron chi connectivity index (χ3n) is 7.36. The number of esters is 1. The molecule has 11 heteroatoms. The Morgan fingerprint density at radius 2 is 1.66 bits per heavy atom. The summed E-state index contributed by atoms with van der Waals surface area (Å²) in [4.78, 5) is 12.8. The van der Waals surface area contributed by atoms with Crippen LogP contribution in [0.3, 0.4) is 0 Å². The van der Waals surface area contributed by atoms with E-state index in [1.807, 2.05) is 20.8 Å². The monoisotopic (exact) mass is 623 g/mol. The summed E-state index contributed by atoms with van der Waals surface area (Å²) in [7, 11) is 1.30. The Bertz CT molecular complexity index is 1390. The first kappa shape index (κ1) is 35.2. The topological polar surface area (TPSA) is 124 Å². The highest BCUT2D eigenvalue weighted by atomic mass is 19.4. The van der Waals surface area contributed by atoms with Crippen LogP contribution in [-0.2, 0) is 15.7 Å². The Kier molecular flexibility index (Phi) is 11.4. The number of benzene rings is 2. The van der Waals surface area contributed by atoms with Crippen LogP contribution in [0.4, 0.5) is 13.2 Å². The Morgan fingerprint density at radius 3 is 2.25 bits per heavy atom. The van der Waals surface area contributed by atoms with Crippen LogP contribution in [0.1, 0.15) is 59.4 Å². The number of ether oxygens (including phenoxy) is 3. The molecule has 0 bridgehead atoms. The lowest BCUT2D eigenvalue weighted by molar-refractivity contribution is -0.155. The third-order valence-corrected chi connectivity index (χ3v) is 7.36. The Balaban J connectivity index is 1.58. The number of alkyl halides is 3. The van der Waals surface area contributed by atoms with E-state index in [2.05, 4.69) is 0 Å². The number of furan rings is 1. The lowest BCUT2D eigenvalue weighted by Gasteiger charge is -2.33. The highest BCUT2D eigenvalue weighted by molar-refractivity contribution is 5.84. The van der Waals surface area contributed by atoms with Gasteiger partial charge in [0.05, 0.1) is 31.3 Å². The van der Waals surface area contributed by atoms with Crippen molar-refractivity contribution in [3.05, 3.63) is 48.0 Å². The molecule has 3 aromatic rings. The quantitative estimate of drug-likeness (QED) is 0.172. The zero-order chi connectivity index (χ0) is 32.9. The van der Waals surface area contributed by atoms with Crippen molar-refractivity contribution >= 4 is 16.9 Å². The summed E-state index contributed by atoms with van der Waals surface area (Å²) in [5.41, 5.74) is 4.66. The van der Waals surface area contributed by atoms with Crippen LogP contribution in [0.5, 0.6) is 11.5 Å². The fourth-order valence-corrected chi connectivity index (χ4v) is 4.83. The van der Waals surface area contributed by atoms with E-state index in [1.165, 1.54) is 25.3 Å². The maximum absolute atomic E-state index is 13.7. The van der Waals surface area contributed by atoms with Gasteiger partial charge in [-0.2, -0.15) is 13.2 Å². The second-order valence-corrected chi connectivity index (χ2v) is 13.1. The van der Waals surface area contributed by atoms with Crippen molar-refractivity contribution < 1.29 is 46.8 Å². The fourth-order valence-electron chi connectivity index (χ4n) is 4.83. The van der Waals surface area contributed by atoms with Crippen molar-refractivity contribution in [2.45, 2.75) is 71.7 Å². The molecule has 44 heavy (non-hydrogen) atoms. The number of aliphatic hydroxyl groups excluding tert-OH is 2. The summed E-state index contributed by atoms with van der Waals surface area (Å²) in [6, 6.07) is 10.1. The molecule has 0 radical (unpaired) electrons. The number of hydrogen-bond acceptors (Lipinski definition) is 8. The van der Waals surface area contributed by atoms with Crippen LogP contribution in [0.2, 0.25) is 0 Å². The molecular weight excluding hydrogens is 579 g/mol. The van der Waals surface area contributed by atoms with Gasteiger partial charge in [0.1, 0.15) is 29.4 Å². The molecule has 0 amide bonds. The van der Waals surface area contributed by atoms with Gasteiger partial charge in [-0.15, -0.1) is 0 Å². The smallest absolute Gasteiger partial charge is 0.417 e. The number of carbonyl (C=O) groups is 1. The van der Waals surface area contributed by atoms with Crippen molar-refractivity contribution in [3.63, 3.8) is 0 Å². The summed E-state index contributed by atoms with van der Waals surface area (Å²) >= 11 is 0. The number of methoxy groups -OCH3 is 1. The zero-order valence-electron chi connectivity index (χ0n) is 26.2. The van der Waals surface area contributed by atoms with E-state index in [9.17, 15) is 28.2 Å². The van der Waals surface area contributed by atoms with Gasteiger partial charge < -0.3 is 34.6 Å². The second-order valence-electron chi connectivity index (χ2n) is 13.1. The van der Waals surface area contributed by atoms with E-state index in [0.29, 0.717) is 29.6 Å². The van der Waals surface area contributed by atoms with Gasteiger partial charge >= 0.3 is 12.1 Å². The molecule has 8 nitrogen and oxygen atoms in total. The van der Waals surface area contributed by atoms with Gasteiger partial charge in [-0.1, -0.05) is 20.8 Å². The zero-order valence-corrected chi connectivity index (χ0v) is 26.2. The van der Waals surface area contributed by atoms with E-state index < -0.39 is 35.3 Å². The van der Waals surface area contributed by atoms with Gasteiger partial charge in [-0.25, -0.2) is 0 Å². The first-order valence-electron chi connectivity index (χ1n) is 14.6. The molecule has 2 aromatic carbocycles. The molecule has 4 N–H and O–H groups in total. The molecule has 3 atom stereocenters. The lowest BCUT2D eigenvalue weighted by Crippen LogP contribution is -2.47. The predicted octanol–water partition coefficient (Wildman–Crippen LogP) is 6.59. The molecule has 0 aliphatic heterocycles. The van der Waals surface area contributed by atoms with E-state index in [-0.39, 0.29) is 54.6 Å². The number of nitrogens with two attached hydrogens (primary N) is 1. The molecule has 3 rings (SSSR count). The number of carbonyl (C=O) groups excluding carboxylic acids is 1. The molecule has 244 valence electrons. The summed E-state index contributed by atoms with van der Waals surface area (Å²) in [5, 5.41) is 20.9. The second kappa shape index (κ2) is 14.2. The van der Waals surface area contributed by atoms with E-state index in [0.717, 1.165) is 6.07 Å². The van der Waals surface area contributed by atoms with Gasteiger partial charge in [-0.05, 0) is 74.9 Å². The van der Waals surface area contributed by atoms with Crippen molar-refractivity contribution in [1.29, 1.82) is 0 Å². The average Bonchev–Trinajstić information content (AvgIpc) is 3.36. The van der Waals surface area contributed by atoms with E-state index >= 15 is 0 Å². The summed E-state index contributed by atoms with van der Waals surface area (Å²) in [6.07, 6.45) is -4.34. The maximum atomic E-state index is 13.7. The Labute approximate surface area is 256 Å².